The Balaban J connectivity index is 1.80. The van der Waals surface area contributed by atoms with Gasteiger partial charge in [0.15, 0.2) is 0 Å². The lowest BCUT2D eigenvalue weighted by Gasteiger charge is -2.26. The van der Waals surface area contributed by atoms with Crippen LogP contribution in [0.15, 0.2) is 28.7 Å². The topological polar surface area (TPSA) is 28.4 Å². The third kappa shape index (κ3) is 2.33. The lowest BCUT2D eigenvalue weighted by molar-refractivity contribution is 0.218. The molecule has 90 valence electrons. The van der Waals surface area contributed by atoms with Crippen LogP contribution in [0, 0.1) is 5.82 Å². The molecule has 1 aliphatic rings. The van der Waals surface area contributed by atoms with Gasteiger partial charge in [-0.25, -0.2) is 4.39 Å². The highest BCUT2D eigenvalue weighted by molar-refractivity contribution is 5.77. The maximum Gasteiger partial charge on any atom is 0.134 e. The van der Waals surface area contributed by atoms with Crippen LogP contribution in [0.5, 0.6) is 0 Å². The highest BCUT2D eigenvalue weighted by Gasteiger charge is 2.12. The summed E-state index contributed by atoms with van der Waals surface area (Å²) in [6.07, 6.45) is 0. The van der Waals surface area contributed by atoms with Gasteiger partial charge >= 0.3 is 0 Å². The number of rotatable bonds is 2. The van der Waals surface area contributed by atoms with Crippen LogP contribution in [0.25, 0.3) is 11.0 Å². The number of hydrogen-bond acceptors (Lipinski definition) is 3. The minimum atomic E-state index is -0.216. The van der Waals surface area contributed by atoms with Gasteiger partial charge in [-0.2, -0.15) is 0 Å². The largest absolute Gasteiger partial charge is 0.460 e. The fourth-order valence-corrected chi connectivity index (χ4v) is 2.24. The standard InChI is InChI=1S/C13H15FN2O/c14-11-1-2-13-10(7-11)8-12(17-13)9-16-5-3-15-4-6-16/h1-2,7-8,15H,3-6,9H2. The van der Waals surface area contributed by atoms with Crippen molar-refractivity contribution >= 4 is 11.0 Å². The van der Waals surface area contributed by atoms with Crippen molar-refractivity contribution in [3.8, 4) is 0 Å². The molecule has 1 fully saturated rings. The maximum atomic E-state index is 13.0. The molecular weight excluding hydrogens is 219 g/mol. The Labute approximate surface area is 99.2 Å². The quantitative estimate of drug-likeness (QED) is 0.861. The predicted octanol–water partition coefficient (Wildman–Crippen LogP) is 1.98. The zero-order valence-electron chi connectivity index (χ0n) is 9.58. The minimum Gasteiger partial charge on any atom is -0.460 e. The van der Waals surface area contributed by atoms with Gasteiger partial charge in [-0.1, -0.05) is 0 Å². The van der Waals surface area contributed by atoms with E-state index < -0.39 is 0 Å². The molecule has 1 saturated heterocycles. The smallest absolute Gasteiger partial charge is 0.134 e. The monoisotopic (exact) mass is 234 g/mol. The fourth-order valence-electron chi connectivity index (χ4n) is 2.24. The van der Waals surface area contributed by atoms with Crippen LogP contribution in [0.1, 0.15) is 5.76 Å². The molecule has 4 heteroatoms. The third-order valence-electron chi connectivity index (χ3n) is 3.12. The lowest BCUT2D eigenvalue weighted by Crippen LogP contribution is -2.42. The van der Waals surface area contributed by atoms with E-state index in [1.54, 1.807) is 6.07 Å². The van der Waals surface area contributed by atoms with Crippen LogP contribution in [0.4, 0.5) is 4.39 Å². The Kier molecular flexibility index (Phi) is 2.82. The van der Waals surface area contributed by atoms with Gasteiger partial charge in [0, 0.05) is 31.6 Å². The number of benzene rings is 1. The molecule has 1 N–H and O–H groups in total. The molecule has 2 aromatic rings. The van der Waals surface area contributed by atoms with Crippen LogP contribution in [0.3, 0.4) is 0 Å². The van der Waals surface area contributed by atoms with Crippen LogP contribution in [-0.2, 0) is 6.54 Å². The number of fused-ring (bicyclic) bond motifs is 1. The van der Waals surface area contributed by atoms with E-state index >= 15 is 0 Å². The second-order valence-electron chi connectivity index (χ2n) is 4.42. The second kappa shape index (κ2) is 4.47. The lowest BCUT2D eigenvalue weighted by atomic mass is 10.2. The normalized spacial score (nSPS) is 17.7. The molecule has 0 saturated carbocycles. The van der Waals surface area contributed by atoms with Gasteiger partial charge in [0.2, 0.25) is 0 Å². The summed E-state index contributed by atoms with van der Waals surface area (Å²) in [5.74, 6) is 0.694. The van der Waals surface area contributed by atoms with Crippen LogP contribution >= 0.6 is 0 Å². The van der Waals surface area contributed by atoms with Crippen molar-refractivity contribution in [2.45, 2.75) is 6.54 Å². The zero-order chi connectivity index (χ0) is 11.7. The molecule has 0 spiro atoms. The first kappa shape index (κ1) is 10.7. The molecule has 1 aromatic heterocycles. The van der Waals surface area contributed by atoms with E-state index in [0.717, 1.165) is 49.5 Å². The Hall–Kier alpha value is -1.39. The minimum absolute atomic E-state index is 0.216. The van der Waals surface area contributed by atoms with E-state index in [9.17, 15) is 4.39 Å². The predicted molar refractivity (Wildman–Crippen MR) is 64.3 cm³/mol. The first-order valence-electron chi connectivity index (χ1n) is 5.92. The van der Waals surface area contributed by atoms with Crippen LogP contribution in [0.2, 0.25) is 0 Å². The maximum absolute atomic E-state index is 13.0. The highest BCUT2D eigenvalue weighted by Crippen LogP contribution is 2.21. The second-order valence-corrected chi connectivity index (χ2v) is 4.42. The van der Waals surface area contributed by atoms with Gasteiger partial charge < -0.3 is 9.73 Å². The molecule has 1 aliphatic heterocycles. The van der Waals surface area contributed by atoms with Gasteiger partial charge in [0.05, 0.1) is 6.54 Å². The van der Waals surface area contributed by atoms with Crippen molar-refractivity contribution < 1.29 is 8.81 Å². The van der Waals surface area contributed by atoms with Gasteiger partial charge in [-0.05, 0) is 24.3 Å². The van der Waals surface area contributed by atoms with Crippen molar-refractivity contribution in [3.63, 3.8) is 0 Å². The molecule has 2 heterocycles. The number of furan rings is 1. The molecule has 0 unspecified atom stereocenters. The summed E-state index contributed by atoms with van der Waals surface area (Å²) in [5, 5.41) is 4.16. The van der Waals surface area contributed by atoms with Gasteiger partial charge in [-0.3, -0.25) is 4.90 Å². The summed E-state index contributed by atoms with van der Waals surface area (Å²) >= 11 is 0. The van der Waals surface area contributed by atoms with Crippen molar-refractivity contribution in [3.05, 3.63) is 35.8 Å². The summed E-state index contributed by atoms with van der Waals surface area (Å²) in [6, 6.07) is 6.56. The van der Waals surface area contributed by atoms with E-state index in [1.807, 2.05) is 6.07 Å². The van der Waals surface area contributed by atoms with Crippen molar-refractivity contribution in [1.29, 1.82) is 0 Å². The molecule has 0 amide bonds. The number of hydrogen-bond donors (Lipinski definition) is 1. The summed E-state index contributed by atoms with van der Waals surface area (Å²) in [7, 11) is 0. The number of nitrogens with one attached hydrogen (secondary N) is 1. The van der Waals surface area contributed by atoms with E-state index in [2.05, 4.69) is 10.2 Å². The van der Waals surface area contributed by atoms with Crippen LogP contribution < -0.4 is 5.32 Å². The Morgan fingerprint density at radius 2 is 2.06 bits per heavy atom. The first-order valence-corrected chi connectivity index (χ1v) is 5.92. The average molecular weight is 234 g/mol. The molecule has 3 nitrogen and oxygen atoms in total. The van der Waals surface area contributed by atoms with E-state index in [4.69, 9.17) is 4.42 Å². The number of halogens is 1. The van der Waals surface area contributed by atoms with E-state index in [-0.39, 0.29) is 5.82 Å². The molecule has 0 aliphatic carbocycles. The molecule has 1 aromatic carbocycles. The van der Waals surface area contributed by atoms with Gasteiger partial charge in [0.1, 0.15) is 17.2 Å². The first-order chi connectivity index (χ1) is 8.31. The Morgan fingerprint density at radius 3 is 2.88 bits per heavy atom. The molecule has 0 radical (unpaired) electrons. The Morgan fingerprint density at radius 1 is 1.24 bits per heavy atom. The van der Waals surface area contributed by atoms with Crippen molar-refractivity contribution in [2.24, 2.45) is 0 Å². The van der Waals surface area contributed by atoms with Crippen molar-refractivity contribution in [2.75, 3.05) is 26.2 Å². The van der Waals surface area contributed by atoms with Crippen molar-refractivity contribution in [1.82, 2.24) is 10.2 Å². The van der Waals surface area contributed by atoms with E-state index in [0.29, 0.717) is 0 Å². The average Bonchev–Trinajstić information content (AvgIpc) is 2.71. The highest BCUT2D eigenvalue weighted by atomic mass is 19.1. The number of nitrogens with zero attached hydrogens (tertiary/aromatic N) is 1. The van der Waals surface area contributed by atoms with Gasteiger partial charge in [-0.15, -0.1) is 0 Å². The summed E-state index contributed by atoms with van der Waals surface area (Å²) in [4.78, 5) is 2.34. The molecule has 0 atom stereocenters. The molecule has 3 rings (SSSR count). The van der Waals surface area contributed by atoms with Gasteiger partial charge in [0.25, 0.3) is 0 Å². The number of piperazine rings is 1. The molecular formula is C13H15FN2O. The van der Waals surface area contributed by atoms with Crippen LogP contribution in [-0.4, -0.2) is 31.1 Å². The zero-order valence-corrected chi connectivity index (χ0v) is 9.58. The molecule has 0 bridgehead atoms. The summed E-state index contributed by atoms with van der Waals surface area (Å²) < 4.78 is 18.7. The summed E-state index contributed by atoms with van der Waals surface area (Å²) in [5.41, 5.74) is 0.761. The Bertz CT molecular complexity index is 517. The third-order valence-corrected chi connectivity index (χ3v) is 3.12. The fraction of sp³-hybridized carbons (Fsp3) is 0.385. The van der Waals surface area contributed by atoms with E-state index in [1.165, 1.54) is 12.1 Å². The summed E-state index contributed by atoms with van der Waals surface area (Å²) in [6.45, 7) is 4.92. The SMILES string of the molecule is Fc1ccc2oc(CN3CCNCC3)cc2c1. The molecule has 17 heavy (non-hydrogen) atoms.